The molecule has 2 amide bonds. The number of alkyl halides is 3. The Morgan fingerprint density at radius 1 is 1.14 bits per heavy atom. The zero-order chi connectivity index (χ0) is 21.2. The summed E-state index contributed by atoms with van der Waals surface area (Å²) in [5, 5.41) is 2.67. The molecule has 1 atom stereocenters. The average molecular weight is 404 g/mol. The first kappa shape index (κ1) is 20.9. The highest BCUT2D eigenvalue weighted by Gasteiger charge is 2.37. The standard InChI is InChI=1S/C22H23F3N2O2/c1-14(17-4-3-5-18(13-17)22(23,24)25)27(20-10-11-20)21(29)12-16-6-8-19(9-7-16)26-15(2)28/h3-9,13-14,20H,10-12H2,1-2H3,(H,26,28). The van der Waals surface area contributed by atoms with E-state index in [-0.39, 0.29) is 24.3 Å². The van der Waals surface area contributed by atoms with Gasteiger partial charge in [-0.05, 0) is 55.2 Å². The third-order valence-electron chi connectivity index (χ3n) is 4.97. The van der Waals surface area contributed by atoms with Gasteiger partial charge in [-0.15, -0.1) is 0 Å². The molecule has 1 N–H and O–H groups in total. The third kappa shape index (κ3) is 5.37. The fourth-order valence-corrected chi connectivity index (χ4v) is 3.40. The molecule has 0 heterocycles. The number of nitrogens with zero attached hydrogens (tertiary/aromatic N) is 1. The van der Waals surface area contributed by atoms with E-state index in [1.54, 1.807) is 42.2 Å². The maximum absolute atomic E-state index is 13.1. The molecule has 4 nitrogen and oxygen atoms in total. The third-order valence-corrected chi connectivity index (χ3v) is 4.97. The fourth-order valence-electron chi connectivity index (χ4n) is 3.40. The van der Waals surface area contributed by atoms with Gasteiger partial charge in [0.2, 0.25) is 11.8 Å². The van der Waals surface area contributed by atoms with Crippen LogP contribution in [0.25, 0.3) is 0 Å². The second-order valence-corrected chi connectivity index (χ2v) is 7.39. The minimum Gasteiger partial charge on any atom is -0.333 e. The molecule has 3 rings (SSSR count). The smallest absolute Gasteiger partial charge is 0.333 e. The Balaban J connectivity index is 1.76. The quantitative estimate of drug-likeness (QED) is 0.740. The molecule has 1 unspecified atom stereocenters. The summed E-state index contributed by atoms with van der Waals surface area (Å²) in [5.41, 5.74) is 1.19. The van der Waals surface area contributed by atoms with E-state index in [0.29, 0.717) is 11.3 Å². The topological polar surface area (TPSA) is 49.4 Å². The van der Waals surface area contributed by atoms with Crippen LogP contribution >= 0.6 is 0 Å². The number of hydrogen-bond acceptors (Lipinski definition) is 2. The van der Waals surface area contributed by atoms with Crippen molar-refractivity contribution in [3.63, 3.8) is 0 Å². The molecule has 2 aromatic rings. The van der Waals surface area contributed by atoms with Crippen molar-refractivity contribution in [1.29, 1.82) is 0 Å². The Morgan fingerprint density at radius 2 is 1.79 bits per heavy atom. The zero-order valence-electron chi connectivity index (χ0n) is 16.3. The number of hydrogen-bond donors (Lipinski definition) is 1. The van der Waals surface area contributed by atoms with Crippen LogP contribution in [0.2, 0.25) is 0 Å². The van der Waals surface area contributed by atoms with E-state index in [1.807, 2.05) is 0 Å². The van der Waals surface area contributed by atoms with Crippen molar-refractivity contribution < 1.29 is 22.8 Å². The summed E-state index contributed by atoms with van der Waals surface area (Å²) < 4.78 is 39.2. The molecule has 29 heavy (non-hydrogen) atoms. The summed E-state index contributed by atoms with van der Waals surface area (Å²) >= 11 is 0. The molecule has 0 radical (unpaired) electrons. The van der Waals surface area contributed by atoms with Gasteiger partial charge in [0.15, 0.2) is 0 Å². The molecule has 2 aromatic carbocycles. The van der Waals surface area contributed by atoms with E-state index in [1.165, 1.54) is 13.0 Å². The Bertz CT molecular complexity index is 890. The van der Waals surface area contributed by atoms with Crippen LogP contribution in [-0.2, 0) is 22.2 Å². The molecule has 0 aromatic heterocycles. The van der Waals surface area contributed by atoms with Crippen molar-refractivity contribution in [2.24, 2.45) is 0 Å². The first-order valence-corrected chi connectivity index (χ1v) is 9.50. The van der Waals surface area contributed by atoms with E-state index in [0.717, 1.165) is 30.5 Å². The lowest BCUT2D eigenvalue weighted by Gasteiger charge is -2.30. The number of rotatable bonds is 6. The van der Waals surface area contributed by atoms with Crippen LogP contribution in [0.3, 0.4) is 0 Å². The first-order chi connectivity index (χ1) is 13.6. The fraction of sp³-hybridized carbons (Fsp3) is 0.364. The highest BCUT2D eigenvalue weighted by Crippen LogP contribution is 2.37. The Kier molecular flexibility index (Phi) is 5.96. The highest BCUT2D eigenvalue weighted by atomic mass is 19.4. The molecule has 154 valence electrons. The number of nitrogens with one attached hydrogen (secondary N) is 1. The Hall–Kier alpha value is -2.83. The minimum absolute atomic E-state index is 0.0608. The van der Waals surface area contributed by atoms with Crippen molar-refractivity contribution in [3.8, 4) is 0 Å². The van der Waals surface area contributed by atoms with Gasteiger partial charge in [-0.1, -0.05) is 24.3 Å². The zero-order valence-corrected chi connectivity index (χ0v) is 16.3. The van der Waals surface area contributed by atoms with Crippen LogP contribution in [0.15, 0.2) is 48.5 Å². The van der Waals surface area contributed by atoms with Gasteiger partial charge < -0.3 is 10.2 Å². The molecule has 0 saturated heterocycles. The van der Waals surface area contributed by atoms with Crippen LogP contribution in [0.5, 0.6) is 0 Å². The predicted molar refractivity (Wildman–Crippen MR) is 104 cm³/mol. The summed E-state index contributed by atoms with van der Waals surface area (Å²) in [7, 11) is 0. The molecular weight excluding hydrogens is 381 g/mol. The number of carbonyl (C=O) groups excluding carboxylic acids is 2. The molecule has 1 aliphatic rings. The largest absolute Gasteiger partial charge is 0.416 e. The van der Waals surface area contributed by atoms with E-state index in [9.17, 15) is 22.8 Å². The van der Waals surface area contributed by atoms with Crippen molar-refractivity contribution in [1.82, 2.24) is 4.90 Å². The summed E-state index contributed by atoms with van der Waals surface area (Å²) in [4.78, 5) is 25.8. The van der Waals surface area contributed by atoms with Crippen LogP contribution in [0.4, 0.5) is 18.9 Å². The minimum atomic E-state index is -4.42. The van der Waals surface area contributed by atoms with Gasteiger partial charge >= 0.3 is 6.18 Å². The lowest BCUT2D eigenvalue weighted by molar-refractivity contribution is -0.137. The molecule has 0 spiro atoms. The maximum atomic E-state index is 13.1. The van der Waals surface area contributed by atoms with Gasteiger partial charge in [0.25, 0.3) is 0 Å². The van der Waals surface area contributed by atoms with Crippen LogP contribution in [-0.4, -0.2) is 22.8 Å². The van der Waals surface area contributed by atoms with Crippen LogP contribution < -0.4 is 5.32 Å². The van der Waals surface area contributed by atoms with Crippen LogP contribution in [0, 0.1) is 0 Å². The molecule has 7 heteroatoms. The van der Waals surface area contributed by atoms with Crippen LogP contribution in [0.1, 0.15) is 49.4 Å². The van der Waals surface area contributed by atoms with Crippen molar-refractivity contribution in [3.05, 3.63) is 65.2 Å². The van der Waals surface area contributed by atoms with Crippen molar-refractivity contribution in [2.45, 2.75) is 51.4 Å². The summed E-state index contributed by atoms with van der Waals surface area (Å²) in [6.45, 7) is 3.19. The molecular formula is C22H23F3N2O2. The Morgan fingerprint density at radius 3 is 2.34 bits per heavy atom. The number of anilines is 1. The molecule has 0 bridgehead atoms. The van der Waals surface area contributed by atoms with E-state index >= 15 is 0 Å². The van der Waals surface area contributed by atoms with E-state index < -0.39 is 17.8 Å². The van der Waals surface area contributed by atoms with Gasteiger partial charge in [0.1, 0.15) is 0 Å². The molecule has 1 aliphatic carbocycles. The van der Waals surface area contributed by atoms with Gasteiger partial charge in [-0.2, -0.15) is 13.2 Å². The lowest BCUT2D eigenvalue weighted by Crippen LogP contribution is -2.36. The first-order valence-electron chi connectivity index (χ1n) is 9.50. The molecule has 0 aliphatic heterocycles. The predicted octanol–water partition coefficient (Wildman–Crippen LogP) is 4.96. The Labute approximate surface area is 167 Å². The monoisotopic (exact) mass is 404 g/mol. The maximum Gasteiger partial charge on any atom is 0.416 e. The number of amides is 2. The SMILES string of the molecule is CC(=O)Nc1ccc(CC(=O)N(C2CC2)C(C)c2cccc(C(F)(F)F)c2)cc1. The second kappa shape index (κ2) is 8.27. The second-order valence-electron chi connectivity index (χ2n) is 7.39. The van der Waals surface area contributed by atoms with Gasteiger partial charge in [-0.25, -0.2) is 0 Å². The summed E-state index contributed by atoms with van der Waals surface area (Å²) in [5.74, 6) is -0.298. The van der Waals surface area contributed by atoms with E-state index in [2.05, 4.69) is 5.32 Å². The summed E-state index contributed by atoms with van der Waals surface area (Å²) in [6.07, 6.45) is -2.55. The lowest BCUT2D eigenvalue weighted by atomic mass is 10.0. The number of carbonyl (C=O) groups is 2. The normalized spacial score (nSPS) is 14.9. The number of halogens is 3. The average Bonchev–Trinajstić information content (AvgIpc) is 3.47. The van der Waals surface area contributed by atoms with Gasteiger partial charge in [0, 0.05) is 18.7 Å². The molecule has 1 saturated carbocycles. The highest BCUT2D eigenvalue weighted by molar-refractivity contribution is 5.88. The van der Waals surface area contributed by atoms with Crippen molar-refractivity contribution >= 4 is 17.5 Å². The molecule has 1 fully saturated rings. The summed E-state index contributed by atoms with van der Waals surface area (Å²) in [6, 6.07) is 11.8. The number of benzene rings is 2. The van der Waals surface area contributed by atoms with Gasteiger partial charge in [-0.3, -0.25) is 9.59 Å². The van der Waals surface area contributed by atoms with Crippen molar-refractivity contribution in [2.75, 3.05) is 5.32 Å². The van der Waals surface area contributed by atoms with E-state index in [4.69, 9.17) is 0 Å². The van der Waals surface area contributed by atoms with Gasteiger partial charge in [0.05, 0.1) is 18.0 Å².